The molecular weight excluding hydrogens is 203 g/mol. The number of anilines is 1. The summed E-state index contributed by atoms with van der Waals surface area (Å²) >= 11 is 0. The number of hydrogen-bond donors (Lipinski definition) is 2. The fraction of sp³-hybridized carbons (Fsp3) is 0.538. The normalized spacial score (nSPS) is 21.5. The molecule has 0 aromatic heterocycles. The van der Waals surface area contributed by atoms with Gasteiger partial charge in [-0.3, -0.25) is 0 Å². The smallest absolute Gasteiger partial charge is 0.125 e. The van der Waals surface area contributed by atoms with Crippen molar-refractivity contribution in [1.82, 2.24) is 5.32 Å². The quantitative estimate of drug-likeness (QED) is 0.804. The Labute approximate surface area is 96.2 Å². The van der Waals surface area contributed by atoms with Crippen molar-refractivity contribution >= 4 is 5.69 Å². The Balaban J connectivity index is 2.04. The standard InChI is InChI=1S/C13H19FN2/c1-10-4-5-11(14)9-13(10)16-12-3-2-7-15-8-6-12/h4-5,9,12,15-16H,2-3,6-8H2,1H3. The van der Waals surface area contributed by atoms with Crippen molar-refractivity contribution in [2.75, 3.05) is 18.4 Å². The first-order valence-electron chi connectivity index (χ1n) is 5.99. The van der Waals surface area contributed by atoms with Gasteiger partial charge in [0.1, 0.15) is 5.82 Å². The van der Waals surface area contributed by atoms with Crippen molar-refractivity contribution in [3.63, 3.8) is 0 Å². The molecule has 1 heterocycles. The van der Waals surface area contributed by atoms with E-state index < -0.39 is 0 Å². The lowest BCUT2D eigenvalue weighted by Crippen LogP contribution is -2.21. The second-order valence-corrected chi connectivity index (χ2v) is 4.48. The highest BCUT2D eigenvalue weighted by Gasteiger charge is 2.12. The Hall–Kier alpha value is -1.09. The number of benzene rings is 1. The van der Waals surface area contributed by atoms with Crippen LogP contribution in [0, 0.1) is 12.7 Å². The summed E-state index contributed by atoms with van der Waals surface area (Å²) in [5, 5.41) is 6.82. The summed E-state index contributed by atoms with van der Waals surface area (Å²) in [7, 11) is 0. The second kappa shape index (κ2) is 5.30. The molecule has 16 heavy (non-hydrogen) atoms. The average Bonchev–Trinajstić information content (AvgIpc) is 2.52. The topological polar surface area (TPSA) is 24.1 Å². The van der Waals surface area contributed by atoms with E-state index >= 15 is 0 Å². The fourth-order valence-electron chi connectivity index (χ4n) is 2.13. The van der Waals surface area contributed by atoms with Crippen LogP contribution in [0.25, 0.3) is 0 Å². The molecule has 3 heteroatoms. The van der Waals surface area contributed by atoms with E-state index in [0.29, 0.717) is 6.04 Å². The zero-order valence-electron chi connectivity index (χ0n) is 9.72. The maximum absolute atomic E-state index is 13.1. The van der Waals surface area contributed by atoms with Gasteiger partial charge in [0.2, 0.25) is 0 Å². The molecule has 1 saturated heterocycles. The zero-order chi connectivity index (χ0) is 11.4. The van der Waals surface area contributed by atoms with Gasteiger partial charge in [-0.15, -0.1) is 0 Å². The highest BCUT2D eigenvalue weighted by molar-refractivity contribution is 5.51. The van der Waals surface area contributed by atoms with Crippen LogP contribution in [-0.2, 0) is 0 Å². The molecule has 1 fully saturated rings. The third-order valence-corrected chi connectivity index (χ3v) is 3.13. The van der Waals surface area contributed by atoms with Gasteiger partial charge in [-0.25, -0.2) is 4.39 Å². The fourth-order valence-corrected chi connectivity index (χ4v) is 2.13. The number of halogens is 1. The van der Waals surface area contributed by atoms with Crippen molar-refractivity contribution in [1.29, 1.82) is 0 Å². The van der Waals surface area contributed by atoms with Crippen molar-refractivity contribution in [3.8, 4) is 0 Å². The molecule has 0 aliphatic carbocycles. The van der Waals surface area contributed by atoms with Crippen LogP contribution in [-0.4, -0.2) is 19.1 Å². The SMILES string of the molecule is Cc1ccc(F)cc1NC1CCCNCC1. The average molecular weight is 222 g/mol. The molecule has 2 rings (SSSR count). The molecule has 1 unspecified atom stereocenters. The van der Waals surface area contributed by atoms with Crippen LogP contribution in [0.3, 0.4) is 0 Å². The van der Waals surface area contributed by atoms with Crippen molar-refractivity contribution in [2.45, 2.75) is 32.2 Å². The predicted octanol–water partition coefficient (Wildman–Crippen LogP) is 2.69. The lowest BCUT2D eigenvalue weighted by atomic mass is 10.1. The van der Waals surface area contributed by atoms with Gasteiger partial charge in [0, 0.05) is 11.7 Å². The Morgan fingerprint density at radius 3 is 3.06 bits per heavy atom. The molecule has 0 amide bonds. The van der Waals surface area contributed by atoms with Gasteiger partial charge in [0.05, 0.1) is 0 Å². The number of hydrogen-bond acceptors (Lipinski definition) is 2. The maximum Gasteiger partial charge on any atom is 0.125 e. The first-order valence-corrected chi connectivity index (χ1v) is 5.99. The van der Waals surface area contributed by atoms with Gasteiger partial charge in [0.25, 0.3) is 0 Å². The molecule has 0 spiro atoms. The number of aryl methyl sites for hydroxylation is 1. The molecule has 1 aromatic carbocycles. The third-order valence-electron chi connectivity index (χ3n) is 3.13. The van der Waals surface area contributed by atoms with Gasteiger partial charge in [0.15, 0.2) is 0 Å². The van der Waals surface area contributed by atoms with Crippen LogP contribution in [0.1, 0.15) is 24.8 Å². The molecule has 1 atom stereocenters. The van der Waals surface area contributed by atoms with Gasteiger partial charge in [-0.05, 0) is 57.0 Å². The molecule has 0 saturated carbocycles. The minimum atomic E-state index is -0.167. The van der Waals surface area contributed by atoms with Crippen LogP contribution >= 0.6 is 0 Å². The zero-order valence-corrected chi connectivity index (χ0v) is 9.72. The van der Waals surface area contributed by atoms with Gasteiger partial charge in [-0.2, -0.15) is 0 Å². The Morgan fingerprint density at radius 2 is 2.19 bits per heavy atom. The first-order chi connectivity index (χ1) is 7.75. The van der Waals surface area contributed by atoms with Gasteiger partial charge >= 0.3 is 0 Å². The molecule has 1 aliphatic heterocycles. The van der Waals surface area contributed by atoms with Crippen LogP contribution < -0.4 is 10.6 Å². The van der Waals surface area contributed by atoms with Crippen LogP contribution in [0.4, 0.5) is 10.1 Å². The van der Waals surface area contributed by atoms with E-state index in [4.69, 9.17) is 0 Å². The number of rotatable bonds is 2. The van der Waals surface area contributed by atoms with E-state index in [1.807, 2.05) is 13.0 Å². The Kier molecular flexibility index (Phi) is 3.78. The van der Waals surface area contributed by atoms with Gasteiger partial charge < -0.3 is 10.6 Å². The molecule has 0 radical (unpaired) electrons. The monoisotopic (exact) mass is 222 g/mol. The Bertz CT molecular complexity index is 344. The molecular formula is C13H19FN2. The summed E-state index contributed by atoms with van der Waals surface area (Å²) in [6.07, 6.45) is 3.45. The van der Waals surface area contributed by atoms with E-state index in [0.717, 1.165) is 37.2 Å². The highest BCUT2D eigenvalue weighted by Crippen LogP contribution is 2.19. The third kappa shape index (κ3) is 2.95. The largest absolute Gasteiger partial charge is 0.382 e. The summed E-state index contributed by atoms with van der Waals surface area (Å²) in [6, 6.07) is 5.39. The summed E-state index contributed by atoms with van der Waals surface area (Å²) in [4.78, 5) is 0. The van der Waals surface area contributed by atoms with Crippen molar-refractivity contribution < 1.29 is 4.39 Å². The molecule has 1 aromatic rings. The van der Waals surface area contributed by atoms with Crippen LogP contribution in [0.5, 0.6) is 0 Å². The first kappa shape index (κ1) is 11.4. The van der Waals surface area contributed by atoms with E-state index in [1.165, 1.54) is 12.5 Å². The van der Waals surface area contributed by atoms with E-state index in [-0.39, 0.29) is 5.82 Å². The van der Waals surface area contributed by atoms with E-state index in [1.54, 1.807) is 6.07 Å². The minimum Gasteiger partial charge on any atom is -0.382 e. The highest BCUT2D eigenvalue weighted by atomic mass is 19.1. The summed E-state index contributed by atoms with van der Waals surface area (Å²) in [6.45, 7) is 4.16. The van der Waals surface area contributed by atoms with E-state index in [2.05, 4.69) is 10.6 Å². The van der Waals surface area contributed by atoms with Crippen LogP contribution in [0.2, 0.25) is 0 Å². The van der Waals surface area contributed by atoms with Crippen molar-refractivity contribution in [2.24, 2.45) is 0 Å². The summed E-state index contributed by atoms with van der Waals surface area (Å²) < 4.78 is 13.1. The summed E-state index contributed by atoms with van der Waals surface area (Å²) in [5.41, 5.74) is 2.05. The lowest BCUT2D eigenvalue weighted by Gasteiger charge is -2.19. The molecule has 88 valence electrons. The molecule has 2 N–H and O–H groups in total. The van der Waals surface area contributed by atoms with Gasteiger partial charge in [-0.1, -0.05) is 6.07 Å². The van der Waals surface area contributed by atoms with Crippen LogP contribution in [0.15, 0.2) is 18.2 Å². The Morgan fingerprint density at radius 1 is 1.31 bits per heavy atom. The number of nitrogens with one attached hydrogen (secondary N) is 2. The molecule has 1 aliphatic rings. The van der Waals surface area contributed by atoms with E-state index in [9.17, 15) is 4.39 Å². The molecule has 2 nitrogen and oxygen atoms in total. The van der Waals surface area contributed by atoms with Crippen molar-refractivity contribution in [3.05, 3.63) is 29.6 Å². The minimum absolute atomic E-state index is 0.167. The summed E-state index contributed by atoms with van der Waals surface area (Å²) in [5.74, 6) is -0.167. The maximum atomic E-state index is 13.1. The second-order valence-electron chi connectivity index (χ2n) is 4.48. The predicted molar refractivity (Wildman–Crippen MR) is 65.3 cm³/mol. The molecule has 0 bridgehead atoms. The lowest BCUT2D eigenvalue weighted by molar-refractivity contribution is 0.620.